The largest absolute Gasteiger partial charge is 0.329 e. The van der Waals surface area contributed by atoms with Crippen molar-refractivity contribution in [3.05, 3.63) is 28.2 Å². The minimum atomic E-state index is -0.422. The maximum Gasteiger partial charge on any atom is 0.231 e. The van der Waals surface area contributed by atoms with Gasteiger partial charge in [0.1, 0.15) is 0 Å². The van der Waals surface area contributed by atoms with Gasteiger partial charge in [-0.1, -0.05) is 36.0 Å². The van der Waals surface area contributed by atoms with Crippen LogP contribution in [0, 0.1) is 5.41 Å². The van der Waals surface area contributed by atoms with Gasteiger partial charge < -0.3 is 11.1 Å². The Morgan fingerprint density at radius 3 is 2.28 bits per heavy atom. The summed E-state index contributed by atoms with van der Waals surface area (Å²) in [5.74, 6) is -0.0270. The molecule has 0 heterocycles. The van der Waals surface area contributed by atoms with Crippen LogP contribution in [0.25, 0.3) is 0 Å². The number of hydrogen-bond acceptors (Lipinski definition) is 2. The zero-order valence-corrected chi connectivity index (χ0v) is 11.5. The third-order valence-electron chi connectivity index (χ3n) is 3.55. The Morgan fingerprint density at radius 2 is 1.78 bits per heavy atom. The Balaban J connectivity index is 2.15. The first-order valence-corrected chi connectivity index (χ1v) is 6.79. The van der Waals surface area contributed by atoms with Gasteiger partial charge in [-0.05, 0) is 31.0 Å². The fourth-order valence-corrected chi connectivity index (χ4v) is 2.99. The van der Waals surface area contributed by atoms with Gasteiger partial charge in [0.05, 0.1) is 5.41 Å². The van der Waals surface area contributed by atoms with Gasteiger partial charge in [-0.15, -0.1) is 0 Å². The van der Waals surface area contributed by atoms with E-state index >= 15 is 0 Å². The minimum Gasteiger partial charge on any atom is -0.329 e. The summed E-state index contributed by atoms with van der Waals surface area (Å²) in [5.41, 5.74) is 5.97. The van der Waals surface area contributed by atoms with Crippen molar-refractivity contribution in [3.63, 3.8) is 0 Å². The van der Waals surface area contributed by atoms with Crippen LogP contribution in [0.4, 0.5) is 5.69 Å². The topological polar surface area (TPSA) is 55.1 Å². The number of halogens is 2. The first kappa shape index (κ1) is 13.7. The number of nitrogens with one attached hydrogen (secondary N) is 1. The lowest BCUT2D eigenvalue weighted by molar-refractivity contribution is -0.124. The van der Waals surface area contributed by atoms with E-state index in [-0.39, 0.29) is 5.91 Å². The molecule has 1 fully saturated rings. The van der Waals surface area contributed by atoms with Crippen LogP contribution in [0.1, 0.15) is 25.7 Å². The first-order valence-electron chi connectivity index (χ1n) is 6.03. The molecule has 0 bridgehead atoms. The number of benzene rings is 1. The van der Waals surface area contributed by atoms with E-state index in [1.165, 1.54) is 0 Å². The predicted molar refractivity (Wildman–Crippen MR) is 75.0 cm³/mol. The zero-order valence-electron chi connectivity index (χ0n) is 10.0. The molecule has 1 saturated carbocycles. The van der Waals surface area contributed by atoms with Crippen LogP contribution in [0.2, 0.25) is 10.0 Å². The lowest BCUT2D eigenvalue weighted by atomic mass is 9.85. The molecule has 0 aliphatic heterocycles. The number of rotatable bonds is 3. The number of nitrogens with two attached hydrogens (primary N) is 1. The van der Waals surface area contributed by atoms with Gasteiger partial charge in [-0.2, -0.15) is 0 Å². The number of carbonyl (C=O) groups excluding carboxylic acids is 1. The first-order chi connectivity index (χ1) is 8.55. The van der Waals surface area contributed by atoms with E-state index in [1.807, 2.05) is 0 Å². The third-order valence-corrected chi connectivity index (χ3v) is 3.99. The monoisotopic (exact) mass is 286 g/mol. The second kappa shape index (κ2) is 5.47. The van der Waals surface area contributed by atoms with Crippen LogP contribution < -0.4 is 11.1 Å². The minimum absolute atomic E-state index is 0.0270. The molecule has 1 amide bonds. The van der Waals surface area contributed by atoms with E-state index in [0.29, 0.717) is 22.3 Å². The average molecular weight is 287 g/mol. The molecule has 1 aliphatic rings. The fraction of sp³-hybridized carbons (Fsp3) is 0.462. The highest BCUT2D eigenvalue weighted by Gasteiger charge is 2.39. The Morgan fingerprint density at radius 1 is 1.22 bits per heavy atom. The summed E-state index contributed by atoms with van der Waals surface area (Å²) in [7, 11) is 0. The van der Waals surface area contributed by atoms with Gasteiger partial charge in [0.25, 0.3) is 0 Å². The number of hydrogen-bond donors (Lipinski definition) is 2. The number of amides is 1. The smallest absolute Gasteiger partial charge is 0.231 e. The van der Waals surface area contributed by atoms with E-state index in [1.54, 1.807) is 18.2 Å². The molecule has 3 N–H and O–H groups in total. The molecule has 0 saturated heterocycles. The lowest BCUT2D eigenvalue weighted by Crippen LogP contribution is -2.40. The van der Waals surface area contributed by atoms with Gasteiger partial charge in [0.2, 0.25) is 5.91 Å². The van der Waals surface area contributed by atoms with Gasteiger partial charge in [-0.3, -0.25) is 4.79 Å². The van der Waals surface area contributed by atoms with Crippen LogP contribution in [0.5, 0.6) is 0 Å². The molecule has 98 valence electrons. The summed E-state index contributed by atoms with van der Waals surface area (Å²) in [6.45, 7) is 0.382. The molecular weight excluding hydrogens is 271 g/mol. The maximum atomic E-state index is 12.3. The van der Waals surface area contributed by atoms with Crippen molar-refractivity contribution in [2.45, 2.75) is 25.7 Å². The molecule has 0 aromatic heterocycles. The van der Waals surface area contributed by atoms with E-state index in [2.05, 4.69) is 5.32 Å². The quantitative estimate of drug-likeness (QED) is 0.894. The summed E-state index contributed by atoms with van der Waals surface area (Å²) >= 11 is 11.8. The molecule has 3 nitrogen and oxygen atoms in total. The van der Waals surface area contributed by atoms with Crippen LogP contribution >= 0.6 is 23.2 Å². The second-order valence-corrected chi connectivity index (χ2v) is 5.68. The molecule has 0 radical (unpaired) electrons. The SMILES string of the molecule is NCC1(C(=O)Nc2cc(Cl)cc(Cl)c2)CCCC1. The van der Waals surface area contributed by atoms with Crippen molar-refractivity contribution < 1.29 is 4.79 Å². The molecule has 18 heavy (non-hydrogen) atoms. The van der Waals surface area contributed by atoms with Crippen molar-refractivity contribution in [1.82, 2.24) is 0 Å². The molecule has 2 rings (SSSR count). The van der Waals surface area contributed by atoms with E-state index in [4.69, 9.17) is 28.9 Å². The van der Waals surface area contributed by atoms with Crippen molar-refractivity contribution in [3.8, 4) is 0 Å². The van der Waals surface area contributed by atoms with Crippen LogP contribution in [0.15, 0.2) is 18.2 Å². The molecule has 1 aliphatic carbocycles. The van der Waals surface area contributed by atoms with E-state index in [9.17, 15) is 4.79 Å². The standard InChI is InChI=1S/C13H16Cl2N2O/c14-9-5-10(15)7-11(6-9)17-12(18)13(8-16)3-1-2-4-13/h5-7H,1-4,8,16H2,(H,17,18). The number of anilines is 1. The summed E-state index contributed by atoms with van der Waals surface area (Å²) in [6.07, 6.45) is 3.81. The summed E-state index contributed by atoms with van der Waals surface area (Å²) < 4.78 is 0. The van der Waals surface area contributed by atoms with E-state index < -0.39 is 5.41 Å². The van der Waals surface area contributed by atoms with Crippen molar-refractivity contribution >= 4 is 34.8 Å². The van der Waals surface area contributed by atoms with Gasteiger partial charge in [-0.25, -0.2) is 0 Å². The Kier molecular flexibility index (Phi) is 4.15. The van der Waals surface area contributed by atoms with Gasteiger partial charge >= 0.3 is 0 Å². The summed E-state index contributed by atoms with van der Waals surface area (Å²) in [5, 5.41) is 3.88. The Labute approximate surface area is 117 Å². The van der Waals surface area contributed by atoms with Gasteiger partial charge in [0.15, 0.2) is 0 Å². The molecule has 0 unspecified atom stereocenters. The average Bonchev–Trinajstić information content (AvgIpc) is 2.77. The lowest BCUT2D eigenvalue weighted by Gasteiger charge is -2.25. The van der Waals surface area contributed by atoms with Gasteiger partial charge in [0, 0.05) is 22.3 Å². The maximum absolute atomic E-state index is 12.3. The normalized spacial score (nSPS) is 17.7. The molecular formula is C13H16Cl2N2O. The van der Waals surface area contributed by atoms with Crippen molar-refractivity contribution in [2.24, 2.45) is 11.1 Å². The highest BCUT2D eigenvalue weighted by molar-refractivity contribution is 6.35. The summed E-state index contributed by atoms with van der Waals surface area (Å²) in [6, 6.07) is 5.00. The van der Waals surface area contributed by atoms with Crippen LogP contribution in [-0.4, -0.2) is 12.5 Å². The number of carbonyl (C=O) groups is 1. The highest BCUT2D eigenvalue weighted by atomic mass is 35.5. The highest BCUT2D eigenvalue weighted by Crippen LogP contribution is 2.38. The molecule has 1 aromatic rings. The zero-order chi connectivity index (χ0) is 13.2. The third kappa shape index (κ3) is 2.79. The Hall–Kier alpha value is -0.770. The molecule has 0 spiro atoms. The second-order valence-electron chi connectivity index (χ2n) is 4.80. The van der Waals surface area contributed by atoms with Crippen molar-refractivity contribution in [2.75, 3.05) is 11.9 Å². The van der Waals surface area contributed by atoms with Crippen LogP contribution in [-0.2, 0) is 4.79 Å². The Bertz CT molecular complexity index is 436. The predicted octanol–water partition coefficient (Wildman–Crippen LogP) is 3.45. The van der Waals surface area contributed by atoms with Crippen LogP contribution in [0.3, 0.4) is 0 Å². The summed E-state index contributed by atoms with van der Waals surface area (Å²) in [4.78, 5) is 12.3. The van der Waals surface area contributed by atoms with E-state index in [0.717, 1.165) is 25.7 Å². The molecule has 1 aromatic carbocycles. The molecule has 0 atom stereocenters. The molecule has 5 heteroatoms. The fourth-order valence-electron chi connectivity index (χ4n) is 2.47. The van der Waals surface area contributed by atoms with Crippen molar-refractivity contribution in [1.29, 1.82) is 0 Å².